The van der Waals surface area contributed by atoms with Crippen LogP contribution in [0.3, 0.4) is 0 Å². The molecule has 3 N–H and O–H groups in total. The van der Waals surface area contributed by atoms with E-state index in [1.807, 2.05) is 6.92 Å². The summed E-state index contributed by atoms with van der Waals surface area (Å²) < 4.78 is 18.5. The first-order valence-electron chi connectivity index (χ1n) is 11.5. The molecular weight excluding hydrogens is 517 g/mol. The average molecular weight is 536 g/mol. The molecule has 192 valence electrons. The van der Waals surface area contributed by atoms with E-state index in [4.69, 9.17) is 17.3 Å². The average Bonchev–Trinajstić information content (AvgIpc) is 3.64. The van der Waals surface area contributed by atoms with Gasteiger partial charge in [-0.05, 0) is 29.5 Å². The molecule has 6 rings (SSSR count). The van der Waals surface area contributed by atoms with E-state index in [1.54, 1.807) is 13.1 Å². The fraction of sp³-hybridized carbons (Fsp3) is 0.217. The topological polar surface area (TPSA) is 173 Å². The molecule has 2 atom stereocenters. The van der Waals surface area contributed by atoms with Crippen LogP contribution in [0.25, 0.3) is 28.3 Å². The van der Waals surface area contributed by atoms with Crippen molar-refractivity contribution in [2.75, 3.05) is 5.73 Å². The van der Waals surface area contributed by atoms with Gasteiger partial charge in [0.15, 0.2) is 17.7 Å². The number of halogens is 2. The van der Waals surface area contributed by atoms with Gasteiger partial charge in [-0.2, -0.15) is 9.25 Å². The number of nitrogens with two attached hydrogens (primary N) is 1. The molecule has 1 aromatic carbocycles. The highest BCUT2D eigenvalue weighted by molar-refractivity contribution is 6.31. The second-order valence-electron chi connectivity index (χ2n) is 8.96. The molecule has 38 heavy (non-hydrogen) atoms. The van der Waals surface area contributed by atoms with E-state index in [0.29, 0.717) is 39.9 Å². The molecule has 0 amide bonds. The molecule has 13 nitrogen and oxygen atoms in total. The van der Waals surface area contributed by atoms with E-state index < -0.39 is 17.4 Å². The third-order valence-electron chi connectivity index (χ3n) is 6.56. The van der Waals surface area contributed by atoms with Crippen LogP contribution in [0, 0.1) is 17.9 Å². The Morgan fingerprint density at radius 3 is 2.84 bits per heavy atom. The highest BCUT2D eigenvalue weighted by Gasteiger charge is 2.42. The van der Waals surface area contributed by atoms with E-state index in [2.05, 4.69) is 35.5 Å². The van der Waals surface area contributed by atoms with Crippen molar-refractivity contribution < 1.29 is 9.12 Å². The quantitative estimate of drug-likeness (QED) is 0.258. The van der Waals surface area contributed by atoms with Crippen molar-refractivity contribution in [3.05, 3.63) is 80.7 Å². The molecule has 1 aliphatic heterocycles. The maximum Gasteiger partial charge on any atom is 0.338 e. The summed E-state index contributed by atoms with van der Waals surface area (Å²) in [6.07, 6.45) is 4.70. The highest BCUT2D eigenvalue weighted by Crippen LogP contribution is 2.38. The molecule has 0 bridgehead atoms. The van der Waals surface area contributed by atoms with E-state index in [0.717, 1.165) is 6.07 Å². The van der Waals surface area contributed by atoms with Gasteiger partial charge in [-0.25, -0.2) is 28.9 Å². The summed E-state index contributed by atoms with van der Waals surface area (Å²) in [4.78, 5) is 29.7. The van der Waals surface area contributed by atoms with Gasteiger partial charge in [0.1, 0.15) is 23.5 Å². The summed E-state index contributed by atoms with van der Waals surface area (Å²) in [6, 6.07) is 3.33. The molecule has 15 heteroatoms. The summed E-state index contributed by atoms with van der Waals surface area (Å²) in [7, 11) is 0. The fourth-order valence-corrected chi connectivity index (χ4v) is 5.08. The molecule has 5 heterocycles. The molecule has 4 aromatic heterocycles. The highest BCUT2D eigenvalue weighted by atomic mass is 35.5. The number of fused-ring (bicyclic) bond motifs is 1. The number of nitrogens with zero attached hydrogens (tertiary/aromatic N) is 9. The molecule has 0 saturated heterocycles. The number of aromatic nitrogens is 10. The third-order valence-corrected chi connectivity index (χ3v) is 6.85. The second-order valence-corrected chi connectivity index (χ2v) is 9.37. The van der Waals surface area contributed by atoms with Crippen molar-refractivity contribution in [3.63, 3.8) is 0 Å². The van der Waals surface area contributed by atoms with Gasteiger partial charge in [0.25, 0.3) is 5.82 Å². The number of aromatic amines is 1. The van der Waals surface area contributed by atoms with Crippen LogP contribution >= 0.6 is 11.6 Å². The van der Waals surface area contributed by atoms with Crippen LogP contribution in [-0.4, -0.2) is 44.7 Å². The summed E-state index contributed by atoms with van der Waals surface area (Å²) in [5.74, 6) is -0.282. The van der Waals surface area contributed by atoms with E-state index in [9.17, 15) is 10.0 Å². The number of nitrogen functional groups attached to an aromatic ring is 1. The van der Waals surface area contributed by atoms with Gasteiger partial charge >= 0.3 is 5.56 Å². The van der Waals surface area contributed by atoms with E-state index in [1.165, 1.54) is 33.9 Å². The number of H-pyrrole nitrogens is 1. The van der Waals surface area contributed by atoms with Crippen molar-refractivity contribution in [2.24, 2.45) is 0 Å². The predicted octanol–water partition coefficient (Wildman–Crippen LogP) is 2.08. The number of hydrogen-bond donors (Lipinski definition) is 2. The Kier molecular flexibility index (Phi) is 5.41. The molecule has 1 unspecified atom stereocenters. The lowest BCUT2D eigenvalue weighted by molar-refractivity contribution is -0.608. The lowest BCUT2D eigenvalue weighted by Crippen LogP contribution is -2.43. The zero-order chi connectivity index (χ0) is 26.7. The normalized spacial score (nSPS) is 16.6. The molecule has 0 saturated carbocycles. The second kappa shape index (κ2) is 8.69. The summed E-state index contributed by atoms with van der Waals surface area (Å²) in [6.45, 7) is 3.59. The smallest absolute Gasteiger partial charge is 0.338 e. The molecule has 0 aliphatic carbocycles. The number of nitrogens with one attached hydrogen (secondary N) is 1. The van der Waals surface area contributed by atoms with Crippen LogP contribution < -0.4 is 16.0 Å². The third kappa shape index (κ3) is 3.60. The Morgan fingerprint density at radius 2 is 2.11 bits per heavy atom. The predicted molar refractivity (Wildman–Crippen MR) is 133 cm³/mol. The summed E-state index contributed by atoms with van der Waals surface area (Å²) in [5, 5.41) is 24.4. The SMILES string of the molecule is Cc1nc(N)cnc1-c1cnc([C@@H]2CC(C)c3n2c(=O)cc(-c2c(-n4cnnn4)ccc(Cl)c2F)[n+]3[O-])[nH]1. The maximum atomic E-state index is 15.4. The van der Waals surface area contributed by atoms with E-state index >= 15 is 4.39 Å². The lowest BCUT2D eigenvalue weighted by atomic mass is 10.1. The Balaban J connectivity index is 1.48. The first-order chi connectivity index (χ1) is 18.2. The number of benzene rings is 1. The van der Waals surface area contributed by atoms with Gasteiger partial charge in [0.2, 0.25) is 0 Å². The first-order valence-corrected chi connectivity index (χ1v) is 11.9. The van der Waals surface area contributed by atoms with Gasteiger partial charge < -0.3 is 15.9 Å². The molecule has 5 aromatic rings. The van der Waals surface area contributed by atoms with Crippen LogP contribution in [0.5, 0.6) is 0 Å². The molecule has 0 radical (unpaired) electrons. The Hall–Kier alpha value is -4.72. The van der Waals surface area contributed by atoms with Crippen molar-refractivity contribution >= 4 is 17.4 Å². The Bertz CT molecular complexity index is 1770. The van der Waals surface area contributed by atoms with E-state index in [-0.39, 0.29) is 33.7 Å². The largest absolute Gasteiger partial charge is 0.710 e. The van der Waals surface area contributed by atoms with Crippen molar-refractivity contribution in [3.8, 4) is 28.3 Å². The number of tetrazole rings is 1. The van der Waals surface area contributed by atoms with Gasteiger partial charge in [-0.1, -0.05) is 18.5 Å². The molecule has 0 fully saturated rings. The minimum absolute atomic E-state index is 0.156. The number of imidazole rings is 1. The first kappa shape index (κ1) is 23.7. The van der Waals surface area contributed by atoms with Crippen molar-refractivity contribution in [2.45, 2.75) is 32.2 Å². The van der Waals surface area contributed by atoms with Crippen LogP contribution in [0.15, 0.2) is 41.7 Å². The monoisotopic (exact) mass is 535 g/mol. The van der Waals surface area contributed by atoms with Crippen molar-refractivity contribution in [1.82, 2.24) is 44.7 Å². The molecular formula is C23H19ClFN11O2. The van der Waals surface area contributed by atoms with Gasteiger partial charge in [0, 0.05) is 6.42 Å². The van der Waals surface area contributed by atoms with Crippen LogP contribution in [0.1, 0.15) is 42.6 Å². The standard InChI is InChI=1S/C23H19ClFN11O2/c1-10-5-16(22-28-7-13(31-22)21-11(2)30-17(26)8-27-21)35-18(37)6-15(36(38)23(10)35)19-14(34-9-29-32-33-34)4-3-12(24)20(19)25/h3-4,6-10,16H,5H2,1-2H3,(H2,26,30)(H,28,31)/t10?,16-/m0/s1. The summed E-state index contributed by atoms with van der Waals surface area (Å²) >= 11 is 6.05. The Morgan fingerprint density at radius 1 is 1.29 bits per heavy atom. The molecule has 1 aliphatic rings. The summed E-state index contributed by atoms with van der Waals surface area (Å²) in [5.41, 5.74) is 6.75. The van der Waals surface area contributed by atoms with Gasteiger partial charge in [-0.15, -0.1) is 5.10 Å². The van der Waals surface area contributed by atoms with Crippen LogP contribution in [0.4, 0.5) is 10.2 Å². The van der Waals surface area contributed by atoms with Crippen LogP contribution in [0.2, 0.25) is 5.02 Å². The minimum atomic E-state index is -0.869. The number of aryl methyl sites for hydroxylation is 1. The zero-order valence-electron chi connectivity index (χ0n) is 20.0. The van der Waals surface area contributed by atoms with Crippen LogP contribution in [-0.2, 0) is 0 Å². The Labute approximate surface area is 218 Å². The fourth-order valence-electron chi connectivity index (χ4n) is 4.92. The van der Waals surface area contributed by atoms with Crippen molar-refractivity contribution in [1.29, 1.82) is 0 Å². The number of anilines is 1. The minimum Gasteiger partial charge on any atom is -0.710 e. The maximum absolute atomic E-state index is 15.4. The zero-order valence-corrected chi connectivity index (χ0v) is 20.8. The van der Waals surface area contributed by atoms with Gasteiger partial charge in [-0.3, -0.25) is 0 Å². The number of hydrogen-bond acceptors (Lipinski definition) is 9. The lowest BCUT2D eigenvalue weighted by Gasteiger charge is -2.18. The number of rotatable bonds is 4. The molecule has 0 spiro atoms. The van der Waals surface area contributed by atoms with Gasteiger partial charge in [0.05, 0.1) is 52.0 Å².